The third kappa shape index (κ3) is 5.93. The largest absolute Gasteiger partial charge is 0.481 e. The molecular weight excluding hydrogens is 638 g/mol. The molecule has 2 unspecified atom stereocenters. The zero-order valence-electron chi connectivity index (χ0n) is 27.7. The first kappa shape index (κ1) is 33.1. The summed E-state index contributed by atoms with van der Waals surface area (Å²) in [7, 11) is 1.65. The molecule has 1 aliphatic carbocycles. The predicted molar refractivity (Wildman–Crippen MR) is 188 cm³/mol. The molecule has 2 aliphatic heterocycles. The molecule has 0 amide bonds. The molecule has 7 rings (SSSR count). The molecule has 9 nitrogen and oxygen atoms in total. The number of pyridine rings is 2. The number of aromatic nitrogens is 2. The van der Waals surface area contributed by atoms with E-state index in [0.29, 0.717) is 55.1 Å². The van der Waals surface area contributed by atoms with Crippen LogP contribution in [0.4, 0.5) is 0 Å². The summed E-state index contributed by atoms with van der Waals surface area (Å²) in [6.07, 6.45) is 9.05. The Bertz CT molecular complexity index is 2010. The van der Waals surface area contributed by atoms with Gasteiger partial charge in [-0.15, -0.1) is 0 Å². The van der Waals surface area contributed by atoms with Crippen LogP contribution in [-0.4, -0.2) is 75.3 Å². The van der Waals surface area contributed by atoms with E-state index in [2.05, 4.69) is 71.5 Å². The third-order valence-corrected chi connectivity index (χ3v) is 11.0. The van der Waals surface area contributed by atoms with Crippen molar-refractivity contribution in [3.8, 4) is 11.9 Å². The summed E-state index contributed by atoms with van der Waals surface area (Å²) in [4.78, 5) is 21.2. The normalized spacial score (nSPS) is 23.0. The quantitative estimate of drug-likeness (QED) is 0.217. The van der Waals surface area contributed by atoms with Gasteiger partial charge in [0, 0.05) is 67.9 Å². The lowest BCUT2D eigenvalue weighted by molar-refractivity contribution is -0.141. The van der Waals surface area contributed by atoms with E-state index in [1.54, 1.807) is 7.11 Å². The van der Waals surface area contributed by atoms with E-state index < -0.39 is 11.4 Å². The minimum absolute atomic E-state index is 0.114. The Hall–Kier alpha value is -4.46. The lowest BCUT2D eigenvalue weighted by atomic mass is 9.63. The molecule has 2 saturated heterocycles. The molecule has 3 atom stereocenters. The molecular formula is C39H40ClN5O4. The number of aliphatic hydroxyl groups is 1. The minimum Gasteiger partial charge on any atom is -0.481 e. The zero-order chi connectivity index (χ0) is 34.3. The fraction of sp³-hybridized carbons (Fsp3) is 0.359. The van der Waals surface area contributed by atoms with Crippen LogP contribution in [0.3, 0.4) is 0 Å². The first-order chi connectivity index (χ1) is 23.7. The van der Waals surface area contributed by atoms with Gasteiger partial charge < -0.3 is 19.4 Å². The van der Waals surface area contributed by atoms with Crippen LogP contribution in [0.25, 0.3) is 11.1 Å². The van der Waals surface area contributed by atoms with Crippen LogP contribution in [-0.2, 0) is 23.3 Å². The van der Waals surface area contributed by atoms with Gasteiger partial charge in [0.15, 0.2) is 0 Å². The number of allylic oxidation sites excluding steroid dienone is 4. The highest BCUT2D eigenvalue weighted by Crippen LogP contribution is 2.49. The predicted octanol–water partition coefficient (Wildman–Crippen LogP) is 5.77. The van der Waals surface area contributed by atoms with Crippen LogP contribution in [0.5, 0.6) is 5.88 Å². The number of ether oxygens (including phenoxy) is 1. The van der Waals surface area contributed by atoms with Crippen LogP contribution in [0.15, 0.2) is 79.0 Å². The smallest absolute Gasteiger partial charge is 0.307 e. The summed E-state index contributed by atoms with van der Waals surface area (Å²) in [5, 5.41) is 30.0. The Kier molecular flexibility index (Phi) is 9.07. The van der Waals surface area contributed by atoms with Crippen molar-refractivity contribution >= 4 is 28.7 Å². The molecule has 5 heterocycles. The number of nitriles is 1. The maximum atomic E-state index is 11.6. The second-order valence-corrected chi connectivity index (χ2v) is 14.0. The molecule has 2 fully saturated rings. The number of aliphatic carboxylic acids is 1. The van der Waals surface area contributed by atoms with Gasteiger partial charge in [0.2, 0.25) is 5.88 Å². The molecule has 0 radical (unpaired) electrons. The van der Waals surface area contributed by atoms with Crippen molar-refractivity contribution in [1.82, 2.24) is 19.2 Å². The highest BCUT2D eigenvalue weighted by atomic mass is 35.5. The monoisotopic (exact) mass is 677 g/mol. The number of hydrogen-bond acceptors (Lipinski definition) is 7. The van der Waals surface area contributed by atoms with Gasteiger partial charge in [-0.05, 0) is 59.5 Å². The topological polar surface area (TPSA) is 114 Å². The highest BCUT2D eigenvalue weighted by Gasteiger charge is 2.43. The molecule has 252 valence electrons. The first-order valence-electron chi connectivity index (χ1n) is 16.8. The maximum absolute atomic E-state index is 11.6. The van der Waals surface area contributed by atoms with E-state index in [0.717, 1.165) is 52.1 Å². The third-order valence-electron chi connectivity index (χ3n) is 10.7. The number of nitrogens with zero attached hydrogens (tertiary/aromatic N) is 5. The number of likely N-dealkylation sites (tertiary alicyclic amines) is 2. The van der Waals surface area contributed by atoms with Crippen LogP contribution in [0.1, 0.15) is 47.0 Å². The average molecular weight is 678 g/mol. The Morgan fingerprint density at radius 3 is 2.61 bits per heavy atom. The van der Waals surface area contributed by atoms with E-state index in [4.69, 9.17) is 21.3 Å². The number of halogens is 1. The number of rotatable bonds is 10. The van der Waals surface area contributed by atoms with Crippen molar-refractivity contribution in [2.24, 2.45) is 17.8 Å². The summed E-state index contributed by atoms with van der Waals surface area (Å²) in [5.41, 5.74) is 6.46. The number of benzene rings is 1. The summed E-state index contributed by atoms with van der Waals surface area (Å²) in [6, 6.07) is 20.5. The van der Waals surface area contributed by atoms with Gasteiger partial charge in [0.05, 0.1) is 29.7 Å². The van der Waals surface area contributed by atoms with Crippen molar-refractivity contribution in [2.45, 2.75) is 31.8 Å². The fourth-order valence-corrected chi connectivity index (χ4v) is 8.21. The summed E-state index contributed by atoms with van der Waals surface area (Å²) in [5.74, 6) is -0.368. The molecule has 3 aliphatic rings. The summed E-state index contributed by atoms with van der Waals surface area (Å²) in [6.45, 7) is 6.54. The summed E-state index contributed by atoms with van der Waals surface area (Å²) < 4.78 is 7.86. The van der Waals surface area contributed by atoms with Gasteiger partial charge >= 0.3 is 5.97 Å². The van der Waals surface area contributed by atoms with Gasteiger partial charge in [-0.25, -0.2) is 4.98 Å². The standard InChI is InChI=1S/C39H40ClN5O4/c1-25-32(33-6-3-4-8-34(33)40)7-5-14-39(25,36-12-9-27(37(42-36)49-2)20-44-18-26(19-44)24-46)30-10-11-35-29(16-31(17-41)45(35)23-30)22-43-15-13-28(21-43)38(47)48/h3-12,14,16,23,25-26,28,46H,13,15,18-22,24H2,1-2H3,(H,47,48)/t25?,28-,39?/m1/s1. The molecule has 4 aromatic rings. The van der Waals surface area contributed by atoms with E-state index in [1.807, 2.05) is 34.7 Å². The maximum Gasteiger partial charge on any atom is 0.307 e. The Labute approximate surface area is 291 Å². The van der Waals surface area contributed by atoms with Crippen LogP contribution in [0.2, 0.25) is 5.02 Å². The Morgan fingerprint density at radius 1 is 1.10 bits per heavy atom. The van der Waals surface area contributed by atoms with Gasteiger partial charge in [0.1, 0.15) is 11.8 Å². The second-order valence-electron chi connectivity index (χ2n) is 13.6. The van der Waals surface area contributed by atoms with Crippen LogP contribution >= 0.6 is 11.6 Å². The molecule has 0 bridgehead atoms. The van der Waals surface area contributed by atoms with E-state index in [1.165, 1.54) is 0 Å². The second kappa shape index (κ2) is 13.4. The lowest BCUT2D eigenvalue weighted by Gasteiger charge is -2.41. The van der Waals surface area contributed by atoms with Gasteiger partial charge in [-0.3, -0.25) is 14.6 Å². The Balaban J connectivity index is 1.32. The lowest BCUT2D eigenvalue weighted by Crippen LogP contribution is -2.47. The number of carboxylic acid groups (broad SMARTS) is 1. The number of methoxy groups -OCH3 is 1. The van der Waals surface area contributed by atoms with E-state index >= 15 is 0 Å². The molecule has 1 aromatic carbocycles. The van der Waals surface area contributed by atoms with Crippen molar-refractivity contribution < 1.29 is 19.7 Å². The van der Waals surface area contributed by atoms with Gasteiger partial charge in [-0.2, -0.15) is 5.26 Å². The molecule has 0 saturated carbocycles. The van der Waals surface area contributed by atoms with Crippen molar-refractivity contribution in [1.29, 1.82) is 5.26 Å². The number of carboxylic acids is 1. The number of fused-ring (bicyclic) bond motifs is 1. The van der Waals surface area contributed by atoms with Gasteiger partial charge in [0.25, 0.3) is 0 Å². The number of hydrogen-bond donors (Lipinski definition) is 2. The molecule has 49 heavy (non-hydrogen) atoms. The van der Waals surface area contributed by atoms with Crippen molar-refractivity contribution in [2.75, 3.05) is 39.9 Å². The molecule has 3 aromatic heterocycles. The first-order valence-corrected chi connectivity index (χ1v) is 17.1. The van der Waals surface area contributed by atoms with Crippen molar-refractivity contribution in [3.63, 3.8) is 0 Å². The zero-order valence-corrected chi connectivity index (χ0v) is 28.5. The van der Waals surface area contributed by atoms with Gasteiger partial charge in [-0.1, -0.05) is 67.1 Å². The number of carbonyl (C=O) groups is 1. The molecule has 10 heteroatoms. The SMILES string of the molecule is COc1nc(C2(c3ccc4c(CN5CC[C@@H](C(=O)O)C5)cc(C#N)n4c3)C=CC=C(c3ccccc3Cl)C2C)ccc1CN1CC(CO)C1. The van der Waals surface area contributed by atoms with Crippen LogP contribution in [0, 0.1) is 29.1 Å². The average Bonchev–Trinajstić information content (AvgIpc) is 3.71. The molecule has 0 spiro atoms. The Morgan fingerprint density at radius 2 is 1.90 bits per heavy atom. The van der Waals surface area contributed by atoms with Crippen LogP contribution < -0.4 is 4.74 Å². The summed E-state index contributed by atoms with van der Waals surface area (Å²) >= 11 is 6.78. The minimum atomic E-state index is -0.758. The fourth-order valence-electron chi connectivity index (χ4n) is 7.96. The van der Waals surface area contributed by atoms with E-state index in [9.17, 15) is 20.3 Å². The van der Waals surface area contributed by atoms with E-state index in [-0.39, 0.29) is 18.4 Å². The number of aliphatic hydroxyl groups excluding tert-OH is 1. The molecule has 2 N–H and O–H groups in total. The highest BCUT2D eigenvalue weighted by molar-refractivity contribution is 6.32. The van der Waals surface area contributed by atoms with Crippen molar-refractivity contribution in [3.05, 3.63) is 118 Å².